The highest BCUT2D eigenvalue weighted by Crippen LogP contribution is 2.17. The molecule has 7 heteroatoms. The number of hydrogen-bond acceptors (Lipinski definition) is 5. The molecule has 2 aliphatic rings. The number of benzene rings is 1. The molecule has 0 saturated carbocycles. The third kappa shape index (κ3) is 4.29. The summed E-state index contributed by atoms with van der Waals surface area (Å²) in [4.78, 5) is 17.3. The molecule has 0 aliphatic carbocycles. The molecular weight excluding hydrogens is 392 g/mol. The van der Waals surface area contributed by atoms with Gasteiger partial charge in [-0.05, 0) is 32.1 Å². The fraction of sp³-hybridized carbons (Fsp3) is 0.417. The lowest BCUT2D eigenvalue weighted by molar-refractivity contribution is -0.139. The molecule has 0 radical (unpaired) electrons. The number of morpholine rings is 2. The standard InChI is InChI=1S/C24H30N4O3/c1-4-6-20-21(5-2)28(19-9-7-18(3)8-10-19)25-23(20)27-13-16-31-17-22(27)24(29)26-11-14-30-15-12-26/h4-10,22H,1,11-17H2,2-3H3/b20-6+,21-5+. The summed E-state index contributed by atoms with van der Waals surface area (Å²) in [6, 6.07) is 7.87. The van der Waals surface area contributed by atoms with Gasteiger partial charge in [-0.2, -0.15) is 0 Å². The van der Waals surface area contributed by atoms with Crippen molar-refractivity contribution < 1.29 is 14.3 Å². The van der Waals surface area contributed by atoms with Crippen LogP contribution >= 0.6 is 0 Å². The zero-order chi connectivity index (χ0) is 21.8. The number of rotatable bonds is 4. The minimum Gasteiger partial charge on any atom is -0.378 e. The third-order valence-electron chi connectivity index (χ3n) is 5.78. The first-order chi connectivity index (χ1) is 15.1. The molecule has 0 bridgehead atoms. The van der Waals surface area contributed by atoms with Gasteiger partial charge < -0.3 is 19.3 Å². The Hall–Kier alpha value is -2.90. The predicted molar refractivity (Wildman–Crippen MR) is 122 cm³/mol. The van der Waals surface area contributed by atoms with Crippen LogP contribution in [0.5, 0.6) is 0 Å². The average molecular weight is 423 g/mol. The number of carbonyl (C=O) groups excluding carboxylic acids is 1. The normalized spacial score (nSPS) is 20.9. The lowest BCUT2D eigenvalue weighted by Gasteiger charge is -2.38. The Balaban J connectivity index is 1.79. The van der Waals surface area contributed by atoms with Gasteiger partial charge in [-0.1, -0.05) is 36.4 Å². The summed E-state index contributed by atoms with van der Waals surface area (Å²) in [6.45, 7) is 11.9. The van der Waals surface area contributed by atoms with Crippen LogP contribution in [0.2, 0.25) is 0 Å². The van der Waals surface area contributed by atoms with Crippen molar-refractivity contribution in [2.75, 3.05) is 51.0 Å². The van der Waals surface area contributed by atoms with Gasteiger partial charge in [0.05, 0.1) is 37.5 Å². The summed E-state index contributed by atoms with van der Waals surface area (Å²) in [7, 11) is 0. The van der Waals surface area contributed by atoms with Gasteiger partial charge in [0, 0.05) is 24.9 Å². The van der Waals surface area contributed by atoms with Crippen LogP contribution in [-0.2, 0) is 14.3 Å². The molecule has 4 rings (SSSR count). The highest BCUT2D eigenvalue weighted by Gasteiger charge is 2.35. The van der Waals surface area contributed by atoms with Gasteiger partial charge in [-0.3, -0.25) is 4.79 Å². The van der Waals surface area contributed by atoms with E-state index in [-0.39, 0.29) is 5.91 Å². The van der Waals surface area contributed by atoms with Crippen molar-refractivity contribution in [2.24, 2.45) is 0 Å². The molecule has 2 aliphatic heterocycles. The monoisotopic (exact) mass is 422 g/mol. The number of allylic oxidation sites excluding steroid dienone is 1. The van der Waals surface area contributed by atoms with Gasteiger partial charge in [0.15, 0.2) is 5.82 Å². The molecule has 0 spiro atoms. The molecule has 164 valence electrons. The van der Waals surface area contributed by atoms with Crippen molar-refractivity contribution in [3.63, 3.8) is 0 Å². The molecule has 31 heavy (non-hydrogen) atoms. The molecule has 0 N–H and O–H groups in total. The minimum atomic E-state index is -0.408. The van der Waals surface area contributed by atoms with Crippen LogP contribution in [0.3, 0.4) is 0 Å². The van der Waals surface area contributed by atoms with Gasteiger partial charge in [0.2, 0.25) is 5.91 Å². The van der Waals surface area contributed by atoms with E-state index in [1.165, 1.54) is 5.56 Å². The Morgan fingerprint density at radius 2 is 1.84 bits per heavy atom. The molecule has 1 aromatic heterocycles. The fourth-order valence-corrected chi connectivity index (χ4v) is 4.14. The summed E-state index contributed by atoms with van der Waals surface area (Å²) in [5, 5.41) is 6.92. The SMILES string of the molecule is C=C/C=c1/c(N2CCOCC2C(=O)N2CCOCC2)nn(-c2ccc(C)cc2)/c1=C/C. The Morgan fingerprint density at radius 1 is 1.13 bits per heavy atom. The maximum absolute atomic E-state index is 13.4. The van der Waals surface area contributed by atoms with Crippen LogP contribution in [0, 0.1) is 6.92 Å². The summed E-state index contributed by atoms with van der Waals surface area (Å²) >= 11 is 0. The first-order valence-electron chi connectivity index (χ1n) is 10.8. The molecule has 1 amide bonds. The lowest BCUT2D eigenvalue weighted by Crippen LogP contribution is -2.58. The summed E-state index contributed by atoms with van der Waals surface area (Å²) in [5.74, 6) is 0.850. The van der Waals surface area contributed by atoms with Gasteiger partial charge >= 0.3 is 0 Å². The van der Waals surface area contributed by atoms with Gasteiger partial charge in [0.25, 0.3) is 0 Å². The van der Waals surface area contributed by atoms with E-state index in [4.69, 9.17) is 14.6 Å². The summed E-state index contributed by atoms with van der Waals surface area (Å²) < 4.78 is 13.1. The van der Waals surface area contributed by atoms with E-state index in [0.29, 0.717) is 46.1 Å². The maximum atomic E-state index is 13.4. The van der Waals surface area contributed by atoms with Gasteiger partial charge in [-0.15, -0.1) is 5.10 Å². The van der Waals surface area contributed by atoms with E-state index < -0.39 is 6.04 Å². The smallest absolute Gasteiger partial charge is 0.247 e. The number of nitrogens with zero attached hydrogens (tertiary/aromatic N) is 4. The van der Waals surface area contributed by atoms with Crippen molar-refractivity contribution >= 4 is 23.9 Å². The van der Waals surface area contributed by atoms with Crippen LogP contribution < -0.4 is 15.5 Å². The first kappa shape index (κ1) is 21.3. The third-order valence-corrected chi connectivity index (χ3v) is 5.78. The quantitative estimate of drug-likeness (QED) is 0.736. The Labute approximate surface area is 182 Å². The number of aryl methyl sites for hydroxylation is 1. The average Bonchev–Trinajstić information content (AvgIpc) is 3.18. The van der Waals surface area contributed by atoms with Crippen molar-refractivity contribution in [1.29, 1.82) is 0 Å². The fourth-order valence-electron chi connectivity index (χ4n) is 4.14. The minimum absolute atomic E-state index is 0.0690. The van der Waals surface area contributed by atoms with Crippen LogP contribution in [0.4, 0.5) is 5.82 Å². The first-order valence-corrected chi connectivity index (χ1v) is 10.8. The predicted octanol–water partition coefficient (Wildman–Crippen LogP) is 1.01. The number of anilines is 1. The van der Waals surface area contributed by atoms with E-state index in [0.717, 1.165) is 22.1 Å². The van der Waals surface area contributed by atoms with Crippen molar-refractivity contribution in [3.8, 4) is 5.69 Å². The van der Waals surface area contributed by atoms with E-state index >= 15 is 0 Å². The van der Waals surface area contributed by atoms with Crippen LogP contribution in [-0.4, -0.2) is 72.7 Å². The second-order valence-electron chi connectivity index (χ2n) is 7.78. The number of ether oxygens (including phenoxy) is 2. The second-order valence-corrected chi connectivity index (χ2v) is 7.78. The zero-order valence-electron chi connectivity index (χ0n) is 18.3. The number of aromatic nitrogens is 2. The lowest BCUT2D eigenvalue weighted by atomic mass is 10.1. The zero-order valence-corrected chi connectivity index (χ0v) is 18.3. The van der Waals surface area contributed by atoms with Crippen molar-refractivity contribution in [1.82, 2.24) is 14.7 Å². The van der Waals surface area contributed by atoms with E-state index in [1.807, 2.05) is 28.7 Å². The summed E-state index contributed by atoms with van der Waals surface area (Å²) in [6.07, 6.45) is 5.78. The Morgan fingerprint density at radius 3 is 2.52 bits per heavy atom. The molecular formula is C24H30N4O3. The molecule has 2 fully saturated rings. The number of hydrogen-bond donors (Lipinski definition) is 0. The largest absolute Gasteiger partial charge is 0.378 e. The van der Waals surface area contributed by atoms with E-state index in [9.17, 15) is 4.79 Å². The van der Waals surface area contributed by atoms with E-state index in [1.54, 1.807) is 6.08 Å². The van der Waals surface area contributed by atoms with E-state index in [2.05, 4.69) is 42.7 Å². The Bertz CT molecular complexity index is 1050. The molecule has 1 unspecified atom stereocenters. The molecule has 1 aromatic carbocycles. The van der Waals surface area contributed by atoms with Crippen LogP contribution in [0.15, 0.2) is 36.9 Å². The van der Waals surface area contributed by atoms with Crippen LogP contribution in [0.1, 0.15) is 12.5 Å². The highest BCUT2D eigenvalue weighted by atomic mass is 16.5. The topological polar surface area (TPSA) is 59.8 Å². The summed E-state index contributed by atoms with van der Waals surface area (Å²) in [5.41, 5.74) is 2.17. The number of carbonyl (C=O) groups is 1. The molecule has 7 nitrogen and oxygen atoms in total. The number of amides is 1. The molecule has 3 heterocycles. The van der Waals surface area contributed by atoms with Crippen molar-refractivity contribution in [3.05, 3.63) is 53.1 Å². The highest BCUT2D eigenvalue weighted by molar-refractivity contribution is 5.85. The van der Waals surface area contributed by atoms with Gasteiger partial charge in [0.1, 0.15) is 6.04 Å². The maximum Gasteiger partial charge on any atom is 0.247 e. The molecule has 2 aromatic rings. The molecule has 1 atom stereocenters. The van der Waals surface area contributed by atoms with Crippen molar-refractivity contribution in [2.45, 2.75) is 19.9 Å². The molecule has 2 saturated heterocycles. The Kier molecular flexibility index (Phi) is 6.53. The van der Waals surface area contributed by atoms with Gasteiger partial charge in [-0.25, -0.2) is 4.68 Å². The van der Waals surface area contributed by atoms with Crippen LogP contribution in [0.25, 0.3) is 17.8 Å². The second kappa shape index (κ2) is 9.49.